The number of anilines is 2. The van der Waals surface area contributed by atoms with Gasteiger partial charge in [-0.2, -0.15) is 0 Å². The van der Waals surface area contributed by atoms with Gasteiger partial charge in [-0.15, -0.1) is 0 Å². The van der Waals surface area contributed by atoms with Crippen LogP contribution >= 0.6 is 0 Å². The number of nitrogen functional groups attached to an aromatic ring is 1. The van der Waals surface area contributed by atoms with Crippen molar-refractivity contribution in [2.24, 2.45) is 5.84 Å². The molecule has 0 saturated heterocycles. The minimum absolute atomic E-state index is 0.124. The highest BCUT2D eigenvalue weighted by molar-refractivity contribution is 5.54. The van der Waals surface area contributed by atoms with E-state index in [4.69, 9.17) is 5.84 Å². The highest BCUT2D eigenvalue weighted by Crippen LogP contribution is 2.19. The van der Waals surface area contributed by atoms with Crippen molar-refractivity contribution < 1.29 is 10.0 Å². The first-order valence-electron chi connectivity index (χ1n) is 5.11. The van der Waals surface area contributed by atoms with E-state index in [0.717, 1.165) is 0 Å². The summed E-state index contributed by atoms with van der Waals surface area (Å²) in [6.45, 7) is 2.11. The van der Waals surface area contributed by atoms with E-state index in [9.17, 15) is 15.2 Å². The number of aromatic nitrogens is 1. The van der Waals surface area contributed by atoms with E-state index in [0.29, 0.717) is 12.2 Å². The van der Waals surface area contributed by atoms with Gasteiger partial charge in [-0.05, 0) is 6.42 Å². The van der Waals surface area contributed by atoms with Crippen LogP contribution in [-0.4, -0.2) is 27.7 Å². The molecular weight excluding hydrogens is 226 g/mol. The summed E-state index contributed by atoms with van der Waals surface area (Å²) in [7, 11) is 0. The van der Waals surface area contributed by atoms with E-state index >= 15 is 0 Å². The number of nitrogens with zero attached hydrogens (tertiary/aromatic N) is 2. The fraction of sp³-hybridized carbons (Fsp3) is 0.444. The summed E-state index contributed by atoms with van der Waals surface area (Å²) in [5.41, 5.74) is 2.12. The van der Waals surface area contributed by atoms with Gasteiger partial charge in [0, 0.05) is 6.54 Å². The van der Waals surface area contributed by atoms with Gasteiger partial charge in [-0.25, -0.2) is 10.8 Å². The van der Waals surface area contributed by atoms with Crippen LogP contribution in [0.4, 0.5) is 17.3 Å². The van der Waals surface area contributed by atoms with E-state index in [2.05, 4.69) is 15.7 Å². The average molecular weight is 241 g/mol. The van der Waals surface area contributed by atoms with Gasteiger partial charge >= 0.3 is 0 Å². The van der Waals surface area contributed by atoms with E-state index in [1.54, 1.807) is 0 Å². The van der Waals surface area contributed by atoms with Gasteiger partial charge in [-0.1, -0.05) is 6.92 Å². The first-order chi connectivity index (χ1) is 8.06. The number of aliphatic hydroxyl groups excluding tert-OH is 1. The third-order valence-corrected chi connectivity index (χ3v) is 2.16. The third-order valence-electron chi connectivity index (χ3n) is 2.16. The van der Waals surface area contributed by atoms with Crippen molar-refractivity contribution in [2.75, 3.05) is 17.3 Å². The summed E-state index contributed by atoms with van der Waals surface area (Å²) in [6.07, 6.45) is 0.0644. The monoisotopic (exact) mass is 241 g/mol. The molecule has 8 nitrogen and oxygen atoms in total. The zero-order valence-corrected chi connectivity index (χ0v) is 9.38. The molecule has 1 aromatic rings. The maximum absolute atomic E-state index is 10.6. The van der Waals surface area contributed by atoms with Crippen LogP contribution in [-0.2, 0) is 0 Å². The quantitative estimate of drug-likeness (QED) is 0.323. The molecular formula is C9H15N5O3. The number of hydrazine groups is 1. The van der Waals surface area contributed by atoms with E-state index in [1.807, 2.05) is 6.92 Å². The van der Waals surface area contributed by atoms with Crippen LogP contribution in [0.5, 0.6) is 0 Å². The molecule has 0 saturated carbocycles. The summed E-state index contributed by atoms with van der Waals surface area (Å²) >= 11 is 0. The van der Waals surface area contributed by atoms with Gasteiger partial charge in [0.15, 0.2) is 0 Å². The van der Waals surface area contributed by atoms with Gasteiger partial charge in [0.1, 0.15) is 11.6 Å². The second kappa shape index (κ2) is 5.97. The minimum Gasteiger partial charge on any atom is -0.391 e. The van der Waals surface area contributed by atoms with E-state index in [1.165, 1.54) is 12.1 Å². The number of nitrogens with one attached hydrogen (secondary N) is 2. The summed E-state index contributed by atoms with van der Waals surface area (Å²) in [5.74, 6) is 5.64. The molecule has 0 aliphatic heterocycles. The number of nitrogens with two attached hydrogens (primary N) is 1. The lowest BCUT2D eigenvalue weighted by Gasteiger charge is -2.10. The fourth-order valence-corrected chi connectivity index (χ4v) is 1.15. The molecule has 1 unspecified atom stereocenters. The second-order valence-electron chi connectivity index (χ2n) is 3.44. The molecule has 94 valence electrons. The van der Waals surface area contributed by atoms with Gasteiger partial charge in [0.2, 0.25) is 0 Å². The van der Waals surface area contributed by atoms with Crippen LogP contribution in [0.1, 0.15) is 13.3 Å². The van der Waals surface area contributed by atoms with Gasteiger partial charge in [-0.3, -0.25) is 10.1 Å². The van der Waals surface area contributed by atoms with Crippen molar-refractivity contribution in [1.82, 2.24) is 4.98 Å². The number of rotatable bonds is 6. The molecule has 0 radical (unpaired) electrons. The van der Waals surface area contributed by atoms with Crippen molar-refractivity contribution >= 4 is 17.3 Å². The zero-order chi connectivity index (χ0) is 12.8. The first kappa shape index (κ1) is 13.1. The van der Waals surface area contributed by atoms with Crippen LogP contribution in [0.25, 0.3) is 0 Å². The van der Waals surface area contributed by atoms with Crippen LogP contribution in [0.2, 0.25) is 0 Å². The topological polar surface area (TPSA) is 126 Å². The molecule has 17 heavy (non-hydrogen) atoms. The molecule has 8 heteroatoms. The standard InChI is InChI=1S/C9H15N5O3/c1-2-7(15)5-11-8-3-6(14(16)17)4-9(12-8)13-10/h3-4,7,15H,2,5,10H2,1H3,(H2,11,12,13). The lowest BCUT2D eigenvalue weighted by atomic mass is 10.3. The maximum Gasteiger partial charge on any atom is 0.276 e. The number of pyridine rings is 1. The fourth-order valence-electron chi connectivity index (χ4n) is 1.15. The predicted molar refractivity (Wildman–Crippen MR) is 63.5 cm³/mol. The molecule has 1 aromatic heterocycles. The Bertz CT molecular complexity index is 398. The number of aliphatic hydroxyl groups is 1. The largest absolute Gasteiger partial charge is 0.391 e. The van der Waals surface area contributed by atoms with Crippen LogP contribution < -0.4 is 16.6 Å². The third kappa shape index (κ3) is 3.85. The Balaban J connectivity index is 2.83. The average Bonchev–Trinajstić information content (AvgIpc) is 2.35. The highest BCUT2D eigenvalue weighted by atomic mass is 16.6. The Hall–Kier alpha value is -1.93. The number of hydrogen-bond donors (Lipinski definition) is 4. The van der Waals surface area contributed by atoms with Crippen molar-refractivity contribution in [3.8, 4) is 0 Å². The van der Waals surface area contributed by atoms with E-state index in [-0.39, 0.29) is 18.1 Å². The molecule has 1 atom stereocenters. The maximum atomic E-state index is 10.6. The van der Waals surface area contributed by atoms with Crippen LogP contribution in [0.15, 0.2) is 12.1 Å². The molecule has 0 aliphatic carbocycles. The second-order valence-corrected chi connectivity index (χ2v) is 3.44. The Morgan fingerprint density at radius 2 is 2.24 bits per heavy atom. The Kier molecular flexibility index (Phi) is 4.61. The Morgan fingerprint density at radius 1 is 1.59 bits per heavy atom. The predicted octanol–water partition coefficient (Wildman–Crippen LogP) is 0.458. The summed E-state index contributed by atoms with van der Waals surface area (Å²) < 4.78 is 0. The van der Waals surface area contributed by atoms with Crippen molar-refractivity contribution in [3.63, 3.8) is 0 Å². The molecule has 0 amide bonds. The molecule has 0 bridgehead atoms. The summed E-state index contributed by atoms with van der Waals surface area (Å²) in [5, 5.41) is 22.8. The molecule has 1 heterocycles. The number of nitro groups is 1. The first-order valence-corrected chi connectivity index (χ1v) is 5.11. The molecule has 5 N–H and O–H groups in total. The molecule has 1 rings (SSSR count). The zero-order valence-electron chi connectivity index (χ0n) is 9.38. The lowest BCUT2D eigenvalue weighted by Crippen LogP contribution is -2.19. The highest BCUT2D eigenvalue weighted by Gasteiger charge is 2.11. The number of hydrogen-bond acceptors (Lipinski definition) is 7. The lowest BCUT2D eigenvalue weighted by molar-refractivity contribution is -0.384. The van der Waals surface area contributed by atoms with Gasteiger partial charge in [0.05, 0.1) is 23.2 Å². The molecule has 0 aliphatic rings. The Labute approximate surface area is 98.0 Å². The molecule has 0 fully saturated rings. The van der Waals surface area contributed by atoms with E-state index < -0.39 is 11.0 Å². The van der Waals surface area contributed by atoms with Gasteiger partial charge in [0.25, 0.3) is 5.69 Å². The molecule has 0 aromatic carbocycles. The normalized spacial score (nSPS) is 11.9. The Morgan fingerprint density at radius 3 is 2.76 bits per heavy atom. The summed E-state index contributed by atoms with van der Waals surface area (Å²) in [4.78, 5) is 14.1. The van der Waals surface area contributed by atoms with Crippen molar-refractivity contribution in [3.05, 3.63) is 22.2 Å². The molecule has 0 spiro atoms. The SMILES string of the molecule is CCC(O)CNc1cc([N+](=O)[O-])cc(NN)n1. The van der Waals surface area contributed by atoms with Crippen LogP contribution in [0, 0.1) is 10.1 Å². The summed E-state index contributed by atoms with van der Waals surface area (Å²) in [6, 6.07) is 2.50. The van der Waals surface area contributed by atoms with Gasteiger partial charge < -0.3 is 15.8 Å². The smallest absolute Gasteiger partial charge is 0.276 e. The minimum atomic E-state index is -0.538. The van der Waals surface area contributed by atoms with Crippen molar-refractivity contribution in [2.45, 2.75) is 19.4 Å². The van der Waals surface area contributed by atoms with Crippen LogP contribution in [0.3, 0.4) is 0 Å². The van der Waals surface area contributed by atoms with Crippen molar-refractivity contribution in [1.29, 1.82) is 0 Å².